The number of hydrogen-bond acceptors (Lipinski definition) is 3. The van der Waals surface area contributed by atoms with Crippen molar-refractivity contribution in [3.05, 3.63) is 65.7 Å². The van der Waals surface area contributed by atoms with Crippen LogP contribution in [0, 0.1) is 18.3 Å². The number of carbonyl (C=O) groups is 1. The minimum Gasteiger partial charge on any atom is -0.376 e. The lowest BCUT2D eigenvalue weighted by Gasteiger charge is -2.16. The Balaban J connectivity index is 0.00000450. The van der Waals surface area contributed by atoms with Gasteiger partial charge >= 0.3 is 0 Å². The van der Waals surface area contributed by atoms with Gasteiger partial charge in [0.1, 0.15) is 0 Å². The summed E-state index contributed by atoms with van der Waals surface area (Å²) in [5.74, 6) is 3.22. The molecule has 2 aromatic rings. The third-order valence-corrected chi connectivity index (χ3v) is 4.08. The van der Waals surface area contributed by atoms with E-state index in [4.69, 9.17) is 11.2 Å². The molecule has 1 atom stereocenters. The lowest BCUT2D eigenvalue weighted by molar-refractivity contribution is -0.115. The van der Waals surface area contributed by atoms with Crippen LogP contribution >= 0.6 is 24.0 Å². The number of terminal acetylenes is 1. The van der Waals surface area contributed by atoms with E-state index in [-0.39, 0.29) is 42.3 Å². The fourth-order valence-electron chi connectivity index (χ4n) is 2.56. The van der Waals surface area contributed by atoms with Gasteiger partial charge in [-0.25, -0.2) is 0 Å². The van der Waals surface area contributed by atoms with Gasteiger partial charge in [0.2, 0.25) is 5.91 Å². The number of benzene rings is 2. The van der Waals surface area contributed by atoms with Gasteiger partial charge in [0.25, 0.3) is 0 Å². The summed E-state index contributed by atoms with van der Waals surface area (Å²) in [6.07, 6.45) is 5.38. The fourth-order valence-corrected chi connectivity index (χ4v) is 2.56. The number of carbonyl (C=O) groups excluding carboxylic acids is 1. The molecule has 0 aliphatic heterocycles. The van der Waals surface area contributed by atoms with Crippen molar-refractivity contribution in [2.24, 2.45) is 10.9 Å². The van der Waals surface area contributed by atoms with Crippen molar-refractivity contribution in [3.63, 3.8) is 0 Å². The highest BCUT2D eigenvalue weighted by Crippen LogP contribution is 2.09. The van der Waals surface area contributed by atoms with Crippen LogP contribution < -0.4 is 16.0 Å². The molecule has 0 spiro atoms. The first-order chi connectivity index (χ1) is 14.1. The predicted octanol–water partition coefficient (Wildman–Crippen LogP) is 3.24. The summed E-state index contributed by atoms with van der Waals surface area (Å²) in [5.41, 5.74) is 2.54. The van der Waals surface area contributed by atoms with Crippen LogP contribution in [-0.2, 0) is 16.1 Å². The monoisotopic (exact) mass is 520 g/mol. The quantitative estimate of drug-likeness (QED) is 0.206. The first-order valence-corrected chi connectivity index (χ1v) is 9.53. The van der Waals surface area contributed by atoms with Crippen molar-refractivity contribution in [2.75, 3.05) is 32.1 Å². The number of anilines is 1. The summed E-state index contributed by atoms with van der Waals surface area (Å²) in [6, 6.07) is 17.2. The zero-order chi connectivity index (χ0) is 20.9. The van der Waals surface area contributed by atoms with Gasteiger partial charge in [-0.15, -0.1) is 30.4 Å². The molecule has 2 rings (SSSR count). The average molecular weight is 520 g/mol. The second-order valence-electron chi connectivity index (χ2n) is 6.69. The Labute approximate surface area is 195 Å². The van der Waals surface area contributed by atoms with Gasteiger partial charge in [-0.05, 0) is 29.7 Å². The number of ether oxygens (including phenoxy) is 1. The first kappa shape index (κ1) is 25.5. The fraction of sp³-hybridized carbons (Fsp3) is 0.304. The van der Waals surface area contributed by atoms with E-state index in [1.54, 1.807) is 25.2 Å². The second kappa shape index (κ2) is 14.4. The summed E-state index contributed by atoms with van der Waals surface area (Å²) in [6.45, 7) is 4.10. The summed E-state index contributed by atoms with van der Waals surface area (Å²) >= 11 is 0. The third-order valence-electron chi connectivity index (χ3n) is 4.08. The Bertz CT molecular complexity index is 850. The highest BCUT2D eigenvalue weighted by atomic mass is 127. The van der Waals surface area contributed by atoms with Crippen LogP contribution in [0.5, 0.6) is 0 Å². The Morgan fingerprint density at radius 2 is 1.93 bits per heavy atom. The molecule has 6 nitrogen and oxygen atoms in total. The summed E-state index contributed by atoms with van der Waals surface area (Å²) in [7, 11) is 1.67. The lowest BCUT2D eigenvalue weighted by atomic mass is 10.2. The van der Waals surface area contributed by atoms with Crippen LogP contribution in [0.3, 0.4) is 0 Å². The molecule has 0 fully saturated rings. The lowest BCUT2D eigenvalue weighted by Crippen LogP contribution is -2.43. The van der Waals surface area contributed by atoms with Gasteiger partial charge in [-0.2, -0.15) is 0 Å². The summed E-state index contributed by atoms with van der Waals surface area (Å²) in [4.78, 5) is 16.3. The molecule has 0 radical (unpaired) electrons. The number of aliphatic imine (C=N–C) groups is 1. The van der Waals surface area contributed by atoms with Crippen molar-refractivity contribution in [3.8, 4) is 12.3 Å². The molecule has 1 unspecified atom stereocenters. The summed E-state index contributed by atoms with van der Waals surface area (Å²) < 4.78 is 5.75. The molecule has 2 aromatic carbocycles. The van der Waals surface area contributed by atoms with Gasteiger partial charge in [0.15, 0.2) is 5.96 Å². The molecule has 0 saturated carbocycles. The number of hydrogen-bond donors (Lipinski definition) is 3. The van der Waals surface area contributed by atoms with E-state index in [0.29, 0.717) is 31.4 Å². The van der Waals surface area contributed by atoms with E-state index in [0.717, 1.165) is 11.1 Å². The van der Waals surface area contributed by atoms with Crippen LogP contribution in [0.2, 0.25) is 0 Å². The van der Waals surface area contributed by atoms with Crippen LogP contribution in [0.1, 0.15) is 18.1 Å². The maximum absolute atomic E-state index is 12.1. The molecule has 3 N–H and O–H groups in total. The van der Waals surface area contributed by atoms with E-state index >= 15 is 0 Å². The van der Waals surface area contributed by atoms with Crippen molar-refractivity contribution >= 4 is 41.5 Å². The third kappa shape index (κ3) is 9.76. The van der Waals surface area contributed by atoms with E-state index in [9.17, 15) is 4.79 Å². The normalized spacial score (nSPS) is 11.6. The van der Waals surface area contributed by atoms with Crippen LogP contribution in [0.25, 0.3) is 0 Å². The molecule has 0 heterocycles. The minimum atomic E-state index is -0.179. The largest absolute Gasteiger partial charge is 0.376 e. The molecular formula is C23H29IN4O2. The maximum atomic E-state index is 12.1. The van der Waals surface area contributed by atoms with Crippen LogP contribution in [0.4, 0.5) is 5.69 Å². The Morgan fingerprint density at radius 3 is 2.63 bits per heavy atom. The molecule has 1 amide bonds. The van der Waals surface area contributed by atoms with E-state index in [1.165, 1.54) is 0 Å². The van der Waals surface area contributed by atoms with Crippen molar-refractivity contribution < 1.29 is 9.53 Å². The molecule has 0 aromatic heterocycles. The van der Waals surface area contributed by atoms with E-state index in [1.807, 2.05) is 36.4 Å². The van der Waals surface area contributed by atoms with Crippen LogP contribution in [0.15, 0.2) is 59.6 Å². The Morgan fingerprint density at radius 1 is 1.17 bits per heavy atom. The van der Waals surface area contributed by atoms with Gasteiger partial charge in [0.05, 0.1) is 19.8 Å². The minimum absolute atomic E-state index is 0. The average Bonchev–Trinajstić information content (AvgIpc) is 2.74. The topological polar surface area (TPSA) is 74.8 Å². The zero-order valence-electron chi connectivity index (χ0n) is 17.4. The molecule has 160 valence electrons. The first-order valence-electron chi connectivity index (χ1n) is 9.53. The molecule has 0 saturated heterocycles. The second-order valence-corrected chi connectivity index (χ2v) is 6.69. The predicted molar refractivity (Wildman–Crippen MR) is 133 cm³/mol. The Kier molecular flexibility index (Phi) is 12.2. The van der Waals surface area contributed by atoms with Crippen LogP contribution in [-0.4, -0.2) is 38.6 Å². The zero-order valence-corrected chi connectivity index (χ0v) is 19.7. The van der Waals surface area contributed by atoms with E-state index < -0.39 is 0 Å². The summed E-state index contributed by atoms with van der Waals surface area (Å²) in [5, 5.41) is 9.01. The number of guanidine groups is 1. The molecule has 0 bridgehead atoms. The van der Waals surface area contributed by atoms with Gasteiger partial charge < -0.3 is 20.7 Å². The molecular weight excluding hydrogens is 491 g/mol. The van der Waals surface area contributed by atoms with Gasteiger partial charge in [-0.3, -0.25) is 9.79 Å². The van der Waals surface area contributed by atoms with Crippen molar-refractivity contribution in [2.45, 2.75) is 13.5 Å². The standard InChI is InChI=1S/C23H28N4O2.HI/c1-4-19-11-8-12-21(13-19)27-22(28)15-26-23(24-3)25-14-18(2)16-29-17-20-9-6-5-7-10-20;/h1,5-13,18H,14-17H2,2-3H3,(H,27,28)(H2,24,25,26);1H. The number of nitrogens with zero attached hydrogens (tertiary/aromatic N) is 1. The van der Waals surface area contributed by atoms with E-state index in [2.05, 4.69) is 33.8 Å². The van der Waals surface area contributed by atoms with Crippen molar-refractivity contribution in [1.82, 2.24) is 10.6 Å². The molecule has 0 aliphatic rings. The van der Waals surface area contributed by atoms with Crippen molar-refractivity contribution in [1.29, 1.82) is 0 Å². The Hall–Kier alpha value is -2.57. The van der Waals surface area contributed by atoms with Gasteiger partial charge in [0, 0.05) is 24.8 Å². The SMILES string of the molecule is C#Cc1cccc(NC(=O)CNC(=NC)NCC(C)COCc2ccccc2)c1.I. The molecule has 0 aliphatic carbocycles. The number of amides is 1. The number of halogens is 1. The highest BCUT2D eigenvalue weighted by molar-refractivity contribution is 14.0. The number of nitrogens with one attached hydrogen (secondary N) is 3. The molecule has 30 heavy (non-hydrogen) atoms. The van der Waals surface area contributed by atoms with Gasteiger partial charge in [-0.1, -0.05) is 49.2 Å². The highest BCUT2D eigenvalue weighted by Gasteiger charge is 2.07. The molecule has 7 heteroatoms. The number of rotatable bonds is 9. The smallest absolute Gasteiger partial charge is 0.243 e. The maximum Gasteiger partial charge on any atom is 0.243 e.